The molecule has 0 bridgehead atoms. The number of carbonyl (C=O) groups excluding carboxylic acids is 1. The number of rotatable bonds is 6. The maximum atomic E-state index is 12.6. The Hall–Kier alpha value is -1.44. The second-order valence-electron chi connectivity index (χ2n) is 6.27. The van der Waals surface area contributed by atoms with E-state index in [0.29, 0.717) is 5.56 Å². The standard InChI is InChI=1S/C17H27N3O3S/c1-4-9-20-10-7-14(8-11-20)19-17(21)16-12-15(6-5-13(16)2)24(22,23)18-3/h5-6,12,14,18H,4,7-11H2,1-3H3,(H,19,21). The van der Waals surface area contributed by atoms with Gasteiger partial charge in [0.1, 0.15) is 0 Å². The molecule has 2 N–H and O–H groups in total. The number of aryl methyl sites for hydroxylation is 1. The molecule has 7 heteroatoms. The SMILES string of the molecule is CCCN1CCC(NC(=O)c2cc(S(=O)(=O)NC)ccc2C)CC1. The maximum Gasteiger partial charge on any atom is 0.251 e. The van der Waals surface area contributed by atoms with Gasteiger partial charge >= 0.3 is 0 Å². The first-order valence-electron chi connectivity index (χ1n) is 8.44. The van der Waals surface area contributed by atoms with Crippen LogP contribution in [0.1, 0.15) is 42.1 Å². The predicted octanol–water partition coefficient (Wildman–Crippen LogP) is 1.51. The molecule has 0 aromatic heterocycles. The molecule has 0 saturated carbocycles. The highest BCUT2D eigenvalue weighted by molar-refractivity contribution is 7.89. The number of nitrogens with zero attached hydrogens (tertiary/aromatic N) is 1. The molecule has 1 aromatic rings. The van der Waals surface area contributed by atoms with Gasteiger partial charge in [0.2, 0.25) is 10.0 Å². The van der Waals surface area contributed by atoms with Crippen molar-refractivity contribution in [2.45, 2.75) is 44.0 Å². The Morgan fingerprint density at radius 1 is 1.29 bits per heavy atom. The number of nitrogens with one attached hydrogen (secondary N) is 2. The summed E-state index contributed by atoms with van der Waals surface area (Å²) in [4.78, 5) is 15.1. The molecule has 1 amide bonds. The molecule has 24 heavy (non-hydrogen) atoms. The Morgan fingerprint density at radius 2 is 1.96 bits per heavy atom. The number of sulfonamides is 1. The largest absolute Gasteiger partial charge is 0.349 e. The van der Waals surface area contributed by atoms with Crippen LogP contribution in [0.15, 0.2) is 23.1 Å². The molecule has 0 spiro atoms. The molecule has 1 heterocycles. The smallest absolute Gasteiger partial charge is 0.251 e. The zero-order valence-corrected chi connectivity index (χ0v) is 15.4. The summed E-state index contributed by atoms with van der Waals surface area (Å²) in [5.41, 5.74) is 1.19. The van der Waals surface area contributed by atoms with E-state index in [1.807, 2.05) is 6.92 Å². The molecule has 1 aliphatic rings. The Kier molecular flexibility index (Phi) is 6.37. The first kappa shape index (κ1) is 18.9. The van der Waals surface area contributed by atoms with Crippen molar-refractivity contribution in [1.82, 2.24) is 14.9 Å². The van der Waals surface area contributed by atoms with Gasteiger partial charge in [-0.15, -0.1) is 0 Å². The molecule has 1 aliphatic heterocycles. The second-order valence-corrected chi connectivity index (χ2v) is 8.16. The highest BCUT2D eigenvalue weighted by atomic mass is 32.2. The number of hydrogen-bond acceptors (Lipinski definition) is 4. The minimum absolute atomic E-state index is 0.110. The van der Waals surface area contributed by atoms with Crippen molar-refractivity contribution < 1.29 is 13.2 Å². The lowest BCUT2D eigenvalue weighted by molar-refractivity contribution is 0.0910. The van der Waals surface area contributed by atoms with Crippen molar-refractivity contribution >= 4 is 15.9 Å². The predicted molar refractivity (Wildman–Crippen MR) is 94.6 cm³/mol. The molecular weight excluding hydrogens is 326 g/mol. The van der Waals surface area contributed by atoms with E-state index in [-0.39, 0.29) is 16.8 Å². The highest BCUT2D eigenvalue weighted by Gasteiger charge is 2.22. The quantitative estimate of drug-likeness (QED) is 0.812. The van der Waals surface area contributed by atoms with Gasteiger partial charge in [-0.25, -0.2) is 13.1 Å². The third kappa shape index (κ3) is 4.55. The lowest BCUT2D eigenvalue weighted by Crippen LogP contribution is -2.44. The second kappa shape index (κ2) is 8.09. The average Bonchev–Trinajstić information content (AvgIpc) is 2.57. The monoisotopic (exact) mass is 353 g/mol. The summed E-state index contributed by atoms with van der Waals surface area (Å²) in [6.45, 7) is 7.07. The topological polar surface area (TPSA) is 78.5 Å². The Bertz CT molecular complexity index is 680. The molecule has 0 aliphatic carbocycles. The fraction of sp³-hybridized carbons (Fsp3) is 0.588. The van der Waals surface area contributed by atoms with Gasteiger partial charge in [-0.1, -0.05) is 13.0 Å². The molecule has 0 atom stereocenters. The van der Waals surface area contributed by atoms with Crippen LogP contribution < -0.4 is 10.0 Å². The summed E-state index contributed by atoms with van der Waals surface area (Å²) < 4.78 is 26.1. The number of hydrogen-bond donors (Lipinski definition) is 2. The fourth-order valence-corrected chi connectivity index (χ4v) is 3.77. The lowest BCUT2D eigenvalue weighted by atomic mass is 10.0. The van der Waals surface area contributed by atoms with Gasteiger partial charge in [0.25, 0.3) is 5.91 Å². The first-order valence-corrected chi connectivity index (χ1v) is 9.93. The van der Waals surface area contributed by atoms with E-state index in [0.717, 1.165) is 44.5 Å². The lowest BCUT2D eigenvalue weighted by Gasteiger charge is -2.32. The summed E-state index contributed by atoms with van der Waals surface area (Å²) in [6, 6.07) is 4.78. The summed E-state index contributed by atoms with van der Waals surface area (Å²) in [5, 5.41) is 3.05. The van der Waals surface area contributed by atoms with Crippen LogP contribution in [0.25, 0.3) is 0 Å². The summed E-state index contributed by atoms with van der Waals surface area (Å²) >= 11 is 0. The number of amides is 1. The molecule has 2 rings (SSSR count). The Balaban J connectivity index is 2.06. The summed E-state index contributed by atoms with van der Waals surface area (Å²) in [5.74, 6) is -0.199. The van der Waals surface area contributed by atoms with Crippen LogP contribution in [0.4, 0.5) is 0 Å². The van der Waals surface area contributed by atoms with Crippen molar-refractivity contribution in [3.63, 3.8) is 0 Å². The van der Waals surface area contributed by atoms with E-state index in [2.05, 4.69) is 21.9 Å². The van der Waals surface area contributed by atoms with Gasteiger partial charge < -0.3 is 10.2 Å². The van der Waals surface area contributed by atoms with Crippen molar-refractivity contribution in [3.8, 4) is 0 Å². The molecule has 0 radical (unpaired) electrons. The van der Waals surface area contributed by atoms with Gasteiger partial charge in [-0.05, 0) is 57.5 Å². The average molecular weight is 353 g/mol. The minimum atomic E-state index is -3.55. The van der Waals surface area contributed by atoms with E-state index < -0.39 is 10.0 Å². The molecule has 1 fully saturated rings. The van der Waals surface area contributed by atoms with Crippen LogP contribution in [-0.4, -0.2) is 51.9 Å². The van der Waals surface area contributed by atoms with Crippen molar-refractivity contribution in [1.29, 1.82) is 0 Å². The van der Waals surface area contributed by atoms with Crippen molar-refractivity contribution in [2.24, 2.45) is 0 Å². The summed E-state index contributed by atoms with van der Waals surface area (Å²) in [7, 11) is -2.19. The third-order valence-corrected chi connectivity index (χ3v) is 5.91. The van der Waals surface area contributed by atoms with E-state index in [1.165, 1.54) is 19.2 Å². The molecule has 134 valence electrons. The summed E-state index contributed by atoms with van der Waals surface area (Å²) in [6.07, 6.45) is 3.00. The van der Waals surface area contributed by atoms with Gasteiger partial charge in [0.05, 0.1) is 4.90 Å². The van der Waals surface area contributed by atoms with Crippen LogP contribution in [-0.2, 0) is 10.0 Å². The van der Waals surface area contributed by atoms with E-state index in [1.54, 1.807) is 6.07 Å². The van der Waals surface area contributed by atoms with E-state index in [9.17, 15) is 13.2 Å². The van der Waals surface area contributed by atoms with Crippen LogP contribution >= 0.6 is 0 Å². The zero-order valence-electron chi connectivity index (χ0n) is 14.6. The van der Waals surface area contributed by atoms with Gasteiger partial charge in [0.15, 0.2) is 0 Å². The molecular formula is C17H27N3O3S. The third-order valence-electron chi connectivity index (χ3n) is 4.50. The maximum absolute atomic E-state index is 12.6. The Labute approximate surface area is 144 Å². The fourth-order valence-electron chi connectivity index (χ4n) is 3.01. The van der Waals surface area contributed by atoms with Crippen LogP contribution in [0.2, 0.25) is 0 Å². The van der Waals surface area contributed by atoms with Crippen LogP contribution in [0.5, 0.6) is 0 Å². The van der Waals surface area contributed by atoms with Gasteiger partial charge in [-0.3, -0.25) is 4.79 Å². The normalized spacial score (nSPS) is 17.0. The first-order chi connectivity index (χ1) is 11.4. The van der Waals surface area contributed by atoms with E-state index >= 15 is 0 Å². The number of carbonyl (C=O) groups is 1. The van der Waals surface area contributed by atoms with Crippen molar-refractivity contribution in [2.75, 3.05) is 26.7 Å². The molecule has 6 nitrogen and oxygen atoms in total. The highest BCUT2D eigenvalue weighted by Crippen LogP contribution is 2.17. The zero-order chi connectivity index (χ0) is 17.7. The molecule has 1 saturated heterocycles. The van der Waals surface area contributed by atoms with E-state index in [4.69, 9.17) is 0 Å². The van der Waals surface area contributed by atoms with Crippen LogP contribution in [0, 0.1) is 6.92 Å². The number of benzene rings is 1. The van der Waals surface area contributed by atoms with Crippen LogP contribution in [0.3, 0.4) is 0 Å². The van der Waals surface area contributed by atoms with Gasteiger partial charge in [0, 0.05) is 24.7 Å². The molecule has 0 unspecified atom stereocenters. The number of likely N-dealkylation sites (tertiary alicyclic amines) is 1. The number of piperidine rings is 1. The Morgan fingerprint density at radius 3 is 2.54 bits per heavy atom. The molecule has 1 aromatic carbocycles. The van der Waals surface area contributed by atoms with Crippen molar-refractivity contribution in [3.05, 3.63) is 29.3 Å². The van der Waals surface area contributed by atoms with Gasteiger partial charge in [-0.2, -0.15) is 0 Å². The minimum Gasteiger partial charge on any atom is -0.349 e.